The number of rotatable bonds is 2. The molecule has 2 aromatic rings. The van der Waals surface area contributed by atoms with E-state index in [1.807, 2.05) is 0 Å². The van der Waals surface area contributed by atoms with Gasteiger partial charge in [0.25, 0.3) is 0 Å². The summed E-state index contributed by atoms with van der Waals surface area (Å²) < 4.78 is 18.8. The Hall–Kier alpha value is -1.42. The van der Waals surface area contributed by atoms with Crippen molar-refractivity contribution >= 4 is 21.7 Å². The predicted molar refractivity (Wildman–Crippen MR) is 65.7 cm³/mol. The van der Waals surface area contributed by atoms with Crippen molar-refractivity contribution < 1.29 is 13.6 Å². The van der Waals surface area contributed by atoms with Crippen LogP contribution in [0.1, 0.15) is 27.4 Å². The number of ketones is 1. The molecule has 1 aromatic heterocycles. The van der Waals surface area contributed by atoms with Crippen LogP contribution in [-0.2, 0) is 0 Å². The van der Waals surface area contributed by atoms with Crippen molar-refractivity contribution in [2.45, 2.75) is 13.8 Å². The van der Waals surface area contributed by atoms with Crippen molar-refractivity contribution in [3.63, 3.8) is 0 Å². The molecule has 0 atom stereocenters. The summed E-state index contributed by atoms with van der Waals surface area (Å²) in [4.78, 5) is 12.2. The normalized spacial score (nSPS) is 10.6. The fraction of sp³-hybridized carbons (Fsp3) is 0.154. The number of carbonyl (C=O) groups excluding carboxylic acids is 1. The predicted octanol–water partition coefficient (Wildman–Crippen LogP) is 4.03. The molecule has 0 aliphatic carbocycles. The second-order valence-corrected chi connectivity index (χ2v) is 4.55. The van der Waals surface area contributed by atoms with E-state index in [1.54, 1.807) is 26.0 Å². The molecule has 0 saturated heterocycles. The van der Waals surface area contributed by atoms with Crippen LogP contribution < -0.4 is 0 Å². The van der Waals surface area contributed by atoms with Gasteiger partial charge < -0.3 is 4.42 Å². The fourth-order valence-electron chi connectivity index (χ4n) is 1.68. The van der Waals surface area contributed by atoms with Gasteiger partial charge in [0.15, 0.2) is 5.78 Å². The van der Waals surface area contributed by atoms with Gasteiger partial charge in [-0.1, -0.05) is 6.07 Å². The van der Waals surface area contributed by atoms with Gasteiger partial charge in [-0.2, -0.15) is 0 Å². The van der Waals surface area contributed by atoms with Crippen LogP contribution in [0.4, 0.5) is 4.39 Å². The molecular weight excluding hydrogens is 287 g/mol. The zero-order valence-corrected chi connectivity index (χ0v) is 11.0. The molecule has 2 nitrogen and oxygen atoms in total. The van der Waals surface area contributed by atoms with Crippen molar-refractivity contribution in [1.82, 2.24) is 0 Å². The smallest absolute Gasteiger partial charge is 0.197 e. The zero-order valence-electron chi connectivity index (χ0n) is 9.38. The summed E-state index contributed by atoms with van der Waals surface area (Å²) in [5, 5.41) is 0. The van der Waals surface area contributed by atoms with Crippen LogP contribution >= 0.6 is 15.9 Å². The number of hydrogen-bond donors (Lipinski definition) is 0. The Bertz CT molecular complexity index is 587. The Morgan fingerprint density at radius 1 is 1.29 bits per heavy atom. The standard InChI is InChI=1S/C13H10BrFO2/c1-7-6-10(8(2)17-7)13(16)9-4-3-5-11(15)12(9)14/h3-6H,1-2H3. The van der Waals surface area contributed by atoms with E-state index in [4.69, 9.17) is 4.42 Å². The van der Waals surface area contributed by atoms with Crippen molar-refractivity contribution in [1.29, 1.82) is 0 Å². The molecule has 1 heterocycles. The van der Waals surface area contributed by atoms with Crippen LogP contribution in [0, 0.1) is 19.7 Å². The van der Waals surface area contributed by atoms with Gasteiger partial charge in [-0.3, -0.25) is 4.79 Å². The largest absolute Gasteiger partial charge is 0.466 e. The highest BCUT2D eigenvalue weighted by Gasteiger charge is 2.19. The van der Waals surface area contributed by atoms with Gasteiger partial charge in [0.05, 0.1) is 10.0 Å². The fourth-order valence-corrected chi connectivity index (χ4v) is 2.12. The minimum Gasteiger partial charge on any atom is -0.466 e. The Labute approximate surface area is 107 Å². The molecule has 1 aromatic carbocycles. The number of benzene rings is 1. The Balaban J connectivity index is 2.51. The first-order chi connectivity index (χ1) is 8.00. The first kappa shape index (κ1) is 12.0. The van der Waals surface area contributed by atoms with Crippen LogP contribution in [0.2, 0.25) is 0 Å². The van der Waals surface area contributed by atoms with Crippen molar-refractivity contribution in [3.05, 3.63) is 57.2 Å². The van der Waals surface area contributed by atoms with Crippen molar-refractivity contribution in [3.8, 4) is 0 Å². The van der Waals surface area contributed by atoms with E-state index in [0.29, 0.717) is 22.6 Å². The van der Waals surface area contributed by atoms with Crippen LogP contribution in [0.5, 0.6) is 0 Å². The van der Waals surface area contributed by atoms with E-state index < -0.39 is 5.82 Å². The lowest BCUT2D eigenvalue weighted by Gasteiger charge is -2.03. The topological polar surface area (TPSA) is 30.2 Å². The van der Waals surface area contributed by atoms with E-state index in [0.717, 1.165) is 0 Å². The molecule has 2 rings (SSSR count). The van der Waals surface area contributed by atoms with E-state index in [2.05, 4.69) is 15.9 Å². The quantitative estimate of drug-likeness (QED) is 0.783. The first-order valence-corrected chi connectivity index (χ1v) is 5.85. The molecule has 0 aliphatic rings. The minimum absolute atomic E-state index is 0.184. The van der Waals surface area contributed by atoms with Gasteiger partial charge in [-0.05, 0) is 48.0 Å². The van der Waals surface area contributed by atoms with Crippen molar-refractivity contribution in [2.24, 2.45) is 0 Å². The van der Waals surface area contributed by atoms with Gasteiger partial charge in [0.2, 0.25) is 0 Å². The second kappa shape index (κ2) is 4.45. The van der Waals surface area contributed by atoms with Gasteiger partial charge in [-0.15, -0.1) is 0 Å². The SMILES string of the molecule is Cc1cc(C(=O)c2cccc(F)c2Br)c(C)o1. The molecule has 0 unspecified atom stereocenters. The van der Waals surface area contributed by atoms with Gasteiger partial charge in [0, 0.05) is 5.56 Å². The Morgan fingerprint density at radius 3 is 2.59 bits per heavy atom. The maximum Gasteiger partial charge on any atom is 0.197 e. The molecule has 17 heavy (non-hydrogen) atoms. The maximum absolute atomic E-state index is 13.3. The van der Waals surface area contributed by atoms with Gasteiger partial charge in [-0.25, -0.2) is 4.39 Å². The summed E-state index contributed by atoms with van der Waals surface area (Å²) in [6.45, 7) is 3.48. The van der Waals surface area contributed by atoms with Crippen molar-refractivity contribution in [2.75, 3.05) is 0 Å². The van der Waals surface area contributed by atoms with Crippen LogP contribution in [0.25, 0.3) is 0 Å². The molecule has 0 radical (unpaired) electrons. The third kappa shape index (κ3) is 2.17. The molecule has 88 valence electrons. The minimum atomic E-state index is -0.450. The summed E-state index contributed by atoms with van der Waals surface area (Å²) in [5.41, 5.74) is 0.766. The molecule has 0 bridgehead atoms. The van der Waals surface area contributed by atoms with Gasteiger partial charge in [0.1, 0.15) is 17.3 Å². The lowest BCUT2D eigenvalue weighted by Crippen LogP contribution is -2.03. The maximum atomic E-state index is 13.3. The van der Waals surface area contributed by atoms with E-state index in [-0.39, 0.29) is 10.3 Å². The summed E-state index contributed by atoms with van der Waals surface area (Å²) in [6, 6.07) is 6.05. The molecular formula is C13H10BrFO2. The molecule has 0 N–H and O–H groups in total. The number of aryl methyl sites for hydroxylation is 2. The van der Waals surface area contributed by atoms with E-state index >= 15 is 0 Å². The number of hydrogen-bond acceptors (Lipinski definition) is 2. The summed E-state index contributed by atoms with van der Waals surface area (Å²) in [7, 11) is 0. The summed E-state index contributed by atoms with van der Waals surface area (Å²) >= 11 is 3.08. The van der Waals surface area contributed by atoms with Gasteiger partial charge >= 0.3 is 0 Å². The van der Waals surface area contributed by atoms with Crippen LogP contribution in [0.15, 0.2) is 33.2 Å². The third-order valence-corrected chi connectivity index (χ3v) is 3.29. The number of carbonyl (C=O) groups is 1. The third-order valence-electron chi connectivity index (χ3n) is 2.48. The van der Waals surface area contributed by atoms with E-state index in [9.17, 15) is 9.18 Å². The Morgan fingerprint density at radius 2 is 2.00 bits per heavy atom. The molecule has 0 spiro atoms. The van der Waals surface area contributed by atoms with Crippen LogP contribution in [-0.4, -0.2) is 5.78 Å². The lowest BCUT2D eigenvalue weighted by molar-refractivity contribution is 0.103. The lowest BCUT2D eigenvalue weighted by atomic mass is 10.0. The molecule has 0 amide bonds. The average molecular weight is 297 g/mol. The highest BCUT2D eigenvalue weighted by molar-refractivity contribution is 9.10. The molecule has 4 heteroatoms. The summed E-state index contributed by atoms with van der Waals surface area (Å²) in [5.74, 6) is 0.515. The molecule has 0 saturated carbocycles. The highest BCUT2D eigenvalue weighted by atomic mass is 79.9. The van der Waals surface area contributed by atoms with Crippen LogP contribution in [0.3, 0.4) is 0 Å². The first-order valence-electron chi connectivity index (χ1n) is 5.06. The molecule has 0 aliphatic heterocycles. The Kier molecular flexibility index (Phi) is 3.15. The molecule has 0 fully saturated rings. The highest BCUT2D eigenvalue weighted by Crippen LogP contribution is 2.25. The second-order valence-electron chi connectivity index (χ2n) is 3.76. The monoisotopic (exact) mass is 296 g/mol. The zero-order chi connectivity index (χ0) is 12.6. The van der Waals surface area contributed by atoms with E-state index in [1.165, 1.54) is 12.1 Å². The summed E-state index contributed by atoms with van der Waals surface area (Å²) in [6.07, 6.45) is 0. The number of furan rings is 1. The number of halogens is 2. The average Bonchev–Trinajstić information content (AvgIpc) is 2.61.